The van der Waals surface area contributed by atoms with Crippen molar-refractivity contribution >= 4 is 0 Å². The highest BCUT2D eigenvalue weighted by Gasteiger charge is 2.21. The van der Waals surface area contributed by atoms with Crippen molar-refractivity contribution < 1.29 is 9.47 Å². The van der Waals surface area contributed by atoms with E-state index < -0.39 is 0 Å². The van der Waals surface area contributed by atoms with Gasteiger partial charge in [0.2, 0.25) is 0 Å². The molecule has 0 bridgehead atoms. The molecule has 0 aromatic rings. The summed E-state index contributed by atoms with van der Waals surface area (Å²) in [5.41, 5.74) is 0. The number of hydrogen-bond donors (Lipinski definition) is 0. The maximum Gasteiger partial charge on any atom is 0.0992 e. The van der Waals surface area contributed by atoms with E-state index in [2.05, 4.69) is 0 Å². The minimum Gasteiger partial charge on any atom is -0.381 e. The van der Waals surface area contributed by atoms with Crippen molar-refractivity contribution in [1.82, 2.24) is 0 Å². The van der Waals surface area contributed by atoms with Crippen LogP contribution in [0.1, 0.15) is 25.7 Å². The van der Waals surface area contributed by atoms with Crippen LogP contribution in [0.15, 0.2) is 0 Å². The van der Waals surface area contributed by atoms with Gasteiger partial charge in [-0.05, 0) is 19.3 Å². The van der Waals surface area contributed by atoms with Crippen molar-refractivity contribution in [3.8, 4) is 0 Å². The third kappa shape index (κ3) is 1.96. The molecule has 1 saturated carbocycles. The summed E-state index contributed by atoms with van der Waals surface area (Å²) in [6.07, 6.45) is 6.11. The van der Waals surface area contributed by atoms with Crippen LogP contribution < -0.4 is 0 Å². The lowest BCUT2D eigenvalue weighted by Gasteiger charge is -2.25. The van der Waals surface area contributed by atoms with Crippen LogP contribution in [0.2, 0.25) is 0 Å². The molecule has 1 radical (unpaired) electrons. The fourth-order valence-electron chi connectivity index (χ4n) is 1.37. The zero-order valence-electron chi connectivity index (χ0n) is 6.72. The second kappa shape index (κ2) is 3.94. The van der Waals surface area contributed by atoms with Crippen LogP contribution in [0.5, 0.6) is 0 Å². The third-order valence-electron chi connectivity index (χ3n) is 2.06. The molecule has 0 aromatic carbocycles. The Morgan fingerprint density at radius 1 is 1.40 bits per heavy atom. The highest BCUT2D eigenvalue weighted by Crippen LogP contribution is 2.27. The highest BCUT2D eigenvalue weighted by molar-refractivity contribution is 4.86. The lowest BCUT2D eigenvalue weighted by molar-refractivity contribution is 0.0387. The molecule has 2 nitrogen and oxygen atoms in total. The Morgan fingerprint density at radius 3 is 2.80 bits per heavy atom. The molecule has 0 aliphatic heterocycles. The van der Waals surface area contributed by atoms with Gasteiger partial charge in [-0.15, -0.1) is 0 Å². The summed E-state index contributed by atoms with van der Waals surface area (Å²) < 4.78 is 10.4. The predicted octanol–water partition coefficient (Wildman–Crippen LogP) is 1.75. The summed E-state index contributed by atoms with van der Waals surface area (Å²) >= 11 is 0. The molecule has 0 N–H and O–H groups in total. The van der Waals surface area contributed by atoms with Crippen LogP contribution in [-0.4, -0.2) is 20.3 Å². The number of methoxy groups -OCH3 is 2. The Labute approximate surface area is 62.5 Å². The standard InChI is InChI=1S/C8H15O2/c1-9-7-4-3-5-8(6-7)10-2/h7H,3-6H2,1-2H3. The fraction of sp³-hybridized carbons (Fsp3) is 0.875. The van der Waals surface area contributed by atoms with Crippen LogP contribution in [-0.2, 0) is 9.47 Å². The summed E-state index contributed by atoms with van der Waals surface area (Å²) in [6, 6.07) is 0. The minimum atomic E-state index is 0.406. The van der Waals surface area contributed by atoms with Gasteiger partial charge >= 0.3 is 0 Å². The van der Waals surface area contributed by atoms with Crippen molar-refractivity contribution in [2.24, 2.45) is 0 Å². The number of rotatable bonds is 2. The lowest BCUT2D eigenvalue weighted by atomic mass is 9.95. The van der Waals surface area contributed by atoms with Crippen molar-refractivity contribution in [2.45, 2.75) is 31.8 Å². The number of hydrogen-bond acceptors (Lipinski definition) is 2. The molecule has 1 rings (SSSR count). The first-order chi connectivity index (χ1) is 4.86. The Bertz CT molecular complexity index is 83.3. The molecule has 0 amide bonds. The normalized spacial score (nSPS) is 28.8. The Balaban J connectivity index is 2.25. The van der Waals surface area contributed by atoms with Gasteiger partial charge in [-0.3, -0.25) is 0 Å². The van der Waals surface area contributed by atoms with Crippen LogP contribution in [0, 0.1) is 6.10 Å². The van der Waals surface area contributed by atoms with E-state index in [1.807, 2.05) is 0 Å². The van der Waals surface area contributed by atoms with Gasteiger partial charge in [-0.1, -0.05) is 0 Å². The topological polar surface area (TPSA) is 18.5 Å². The Morgan fingerprint density at radius 2 is 2.20 bits per heavy atom. The smallest absolute Gasteiger partial charge is 0.0992 e. The molecule has 2 heteroatoms. The van der Waals surface area contributed by atoms with Crippen LogP contribution in [0.3, 0.4) is 0 Å². The SMILES string of the molecule is CO[C]1CCCC(OC)C1. The molecule has 0 aromatic heterocycles. The van der Waals surface area contributed by atoms with Gasteiger partial charge in [-0.2, -0.15) is 0 Å². The van der Waals surface area contributed by atoms with E-state index in [-0.39, 0.29) is 0 Å². The first-order valence-electron chi connectivity index (χ1n) is 3.78. The fourth-order valence-corrected chi connectivity index (χ4v) is 1.37. The van der Waals surface area contributed by atoms with Gasteiger partial charge in [0.25, 0.3) is 0 Å². The van der Waals surface area contributed by atoms with E-state index >= 15 is 0 Å². The largest absolute Gasteiger partial charge is 0.381 e. The van der Waals surface area contributed by atoms with E-state index in [0.717, 1.165) is 12.8 Å². The van der Waals surface area contributed by atoms with E-state index in [4.69, 9.17) is 9.47 Å². The maximum atomic E-state index is 5.22. The van der Waals surface area contributed by atoms with Crippen LogP contribution in [0.25, 0.3) is 0 Å². The average molecular weight is 143 g/mol. The molecule has 1 fully saturated rings. The van der Waals surface area contributed by atoms with Gasteiger partial charge < -0.3 is 9.47 Å². The second-order valence-corrected chi connectivity index (χ2v) is 2.70. The maximum absolute atomic E-state index is 5.22. The average Bonchev–Trinajstić information content (AvgIpc) is 2.05. The molecule has 1 unspecified atom stereocenters. The number of ether oxygens (including phenoxy) is 2. The van der Waals surface area contributed by atoms with Crippen molar-refractivity contribution in [2.75, 3.05) is 14.2 Å². The zero-order chi connectivity index (χ0) is 7.40. The molecule has 10 heavy (non-hydrogen) atoms. The summed E-state index contributed by atoms with van der Waals surface area (Å²) in [4.78, 5) is 0. The minimum absolute atomic E-state index is 0.406. The highest BCUT2D eigenvalue weighted by atomic mass is 16.5. The molecule has 0 heterocycles. The molecule has 1 atom stereocenters. The second-order valence-electron chi connectivity index (χ2n) is 2.70. The first kappa shape index (κ1) is 8.02. The monoisotopic (exact) mass is 143 g/mol. The molecule has 59 valence electrons. The molecule has 1 aliphatic carbocycles. The van der Waals surface area contributed by atoms with Crippen LogP contribution >= 0.6 is 0 Å². The van der Waals surface area contributed by atoms with Gasteiger partial charge in [-0.25, -0.2) is 0 Å². The summed E-state index contributed by atoms with van der Waals surface area (Å²) in [5.74, 6) is 0. The molecule has 0 spiro atoms. The molecular formula is C8H15O2. The van der Waals surface area contributed by atoms with Crippen molar-refractivity contribution in [3.05, 3.63) is 6.10 Å². The van der Waals surface area contributed by atoms with Crippen molar-refractivity contribution in [1.29, 1.82) is 0 Å². The molecule has 0 saturated heterocycles. The third-order valence-corrected chi connectivity index (χ3v) is 2.06. The van der Waals surface area contributed by atoms with E-state index in [1.54, 1.807) is 14.2 Å². The quantitative estimate of drug-likeness (QED) is 0.586. The van der Waals surface area contributed by atoms with Crippen molar-refractivity contribution in [3.63, 3.8) is 0 Å². The predicted molar refractivity (Wildman–Crippen MR) is 39.5 cm³/mol. The van der Waals surface area contributed by atoms with E-state index in [9.17, 15) is 0 Å². The van der Waals surface area contributed by atoms with Crippen LogP contribution in [0.4, 0.5) is 0 Å². The Kier molecular flexibility index (Phi) is 3.16. The van der Waals surface area contributed by atoms with Gasteiger partial charge in [0.05, 0.1) is 12.2 Å². The zero-order valence-corrected chi connectivity index (χ0v) is 6.72. The first-order valence-corrected chi connectivity index (χ1v) is 3.78. The summed E-state index contributed by atoms with van der Waals surface area (Å²) in [6.45, 7) is 0. The van der Waals surface area contributed by atoms with Gasteiger partial charge in [0.15, 0.2) is 0 Å². The van der Waals surface area contributed by atoms with Gasteiger partial charge in [0, 0.05) is 20.6 Å². The Hall–Kier alpha value is -0.0800. The molecular weight excluding hydrogens is 128 g/mol. The van der Waals surface area contributed by atoms with E-state index in [1.165, 1.54) is 18.9 Å². The summed E-state index contributed by atoms with van der Waals surface area (Å²) in [7, 11) is 3.51. The van der Waals surface area contributed by atoms with Gasteiger partial charge in [0.1, 0.15) is 0 Å². The lowest BCUT2D eigenvalue weighted by Crippen LogP contribution is -2.21. The molecule has 1 aliphatic rings. The summed E-state index contributed by atoms with van der Waals surface area (Å²) in [5, 5.41) is 0. The van der Waals surface area contributed by atoms with E-state index in [0.29, 0.717) is 6.10 Å².